The number of nitrogens with one attached hydrogen (secondary N) is 2. The van der Waals surface area contributed by atoms with Crippen molar-refractivity contribution in [2.24, 2.45) is 0 Å². The molecule has 128 valence electrons. The zero-order valence-corrected chi connectivity index (χ0v) is 13.8. The highest BCUT2D eigenvalue weighted by atomic mass is 16.5. The van der Waals surface area contributed by atoms with Crippen molar-refractivity contribution in [3.8, 4) is 0 Å². The SMILES string of the molecule is CC(CN1CCOCC1)NC(=O)c1ccn(C2CCCNC2)n1. The number of ether oxygens (including phenoxy) is 1. The topological polar surface area (TPSA) is 71.4 Å². The van der Waals surface area contributed by atoms with Gasteiger partial charge in [-0.25, -0.2) is 0 Å². The number of hydrogen-bond donors (Lipinski definition) is 2. The number of nitrogens with zero attached hydrogens (tertiary/aromatic N) is 3. The van der Waals surface area contributed by atoms with Crippen LogP contribution in [0.3, 0.4) is 0 Å². The van der Waals surface area contributed by atoms with Gasteiger partial charge in [0.25, 0.3) is 5.91 Å². The van der Waals surface area contributed by atoms with E-state index in [4.69, 9.17) is 4.74 Å². The van der Waals surface area contributed by atoms with Crippen LogP contribution in [-0.2, 0) is 4.74 Å². The Balaban J connectivity index is 1.50. The lowest BCUT2D eigenvalue weighted by Crippen LogP contribution is -2.46. The van der Waals surface area contributed by atoms with Gasteiger partial charge in [0.1, 0.15) is 5.69 Å². The second kappa shape index (κ2) is 7.90. The fourth-order valence-electron chi connectivity index (χ4n) is 3.24. The Bertz CT molecular complexity index is 506. The smallest absolute Gasteiger partial charge is 0.272 e. The van der Waals surface area contributed by atoms with Gasteiger partial charge >= 0.3 is 0 Å². The number of carbonyl (C=O) groups is 1. The van der Waals surface area contributed by atoms with Crippen LogP contribution in [0.5, 0.6) is 0 Å². The molecule has 2 unspecified atom stereocenters. The molecule has 0 spiro atoms. The summed E-state index contributed by atoms with van der Waals surface area (Å²) in [6.45, 7) is 8.31. The number of morpholine rings is 1. The van der Waals surface area contributed by atoms with Gasteiger partial charge in [-0.1, -0.05) is 0 Å². The number of piperidine rings is 1. The Morgan fingerprint density at radius 3 is 3.09 bits per heavy atom. The number of aromatic nitrogens is 2. The molecule has 2 aliphatic rings. The molecule has 3 heterocycles. The normalized spacial score (nSPS) is 24.3. The summed E-state index contributed by atoms with van der Waals surface area (Å²) in [5, 5.41) is 10.9. The maximum atomic E-state index is 12.3. The van der Waals surface area contributed by atoms with Crippen LogP contribution in [0.15, 0.2) is 12.3 Å². The molecule has 0 aromatic carbocycles. The van der Waals surface area contributed by atoms with E-state index in [1.165, 1.54) is 0 Å². The Morgan fingerprint density at radius 2 is 2.35 bits per heavy atom. The first kappa shape index (κ1) is 16.4. The van der Waals surface area contributed by atoms with Gasteiger partial charge in [0.05, 0.1) is 19.3 Å². The molecule has 2 N–H and O–H groups in total. The Hall–Kier alpha value is -1.44. The molecule has 0 aliphatic carbocycles. The Morgan fingerprint density at radius 1 is 1.52 bits per heavy atom. The van der Waals surface area contributed by atoms with E-state index in [9.17, 15) is 4.79 Å². The lowest BCUT2D eigenvalue weighted by atomic mass is 10.1. The molecule has 0 radical (unpaired) electrons. The molecule has 2 saturated heterocycles. The van der Waals surface area contributed by atoms with Gasteiger partial charge in [-0.2, -0.15) is 5.10 Å². The van der Waals surface area contributed by atoms with E-state index in [1.54, 1.807) is 0 Å². The van der Waals surface area contributed by atoms with Crippen molar-refractivity contribution >= 4 is 5.91 Å². The third-order valence-corrected chi connectivity index (χ3v) is 4.50. The fourth-order valence-corrected chi connectivity index (χ4v) is 3.24. The maximum Gasteiger partial charge on any atom is 0.272 e. The van der Waals surface area contributed by atoms with Crippen LogP contribution in [0.2, 0.25) is 0 Å². The van der Waals surface area contributed by atoms with Crippen LogP contribution in [0.4, 0.5) is 0 Å². The van der Waals surface area contributed by atoms with Gasteiger partial charge in [-0.3, -0.25) is 14.4 Å². The molecule has 23 heavy (non-hydrogen) atoms. The number of amides is 1. The van der Waals surface area contributed by atoms with Gasteiger partial charge in [-0.15, -0.1) is 0 Å². The van der Waals surface area contributed by atoms with Crippen molar-refractivity contribution in [2.75, 3.05) is 45.9 Å². The standard InChI is InChI=1S/C16H27N5O2/c1-13(12-20-7-9-23-10-8-20)18-16(22)15-4-6-21(19-15)14-3-2-5-17-11-14/h4,6,13-14,17H,2-3,5,7-12H2,1H3,(H,18,22). The molecule has 2 aliphatic heterocycles. The van der Waals surface area contributed by atoms with Gasteiger partial charge in [0.15, 0.2) is 0 Å². The lowest BCUT2D eigenvalue weighted by Gasteiger charge is -2.29. The minimum Gasteiger partial charge on any atom is -0.379 e. The summed E-state index contributed by atoms with van der Waals surface area (Å²) in [5.41, 5.74) is 0.504. The van der Waals surface area contributed by atoms with Crippen LogP contribution in [0, 0.1) is 0 Å². The second-order valence-corrected chi connectivity index (χ2v) is 6.47. The predicted molar refractivity (Wildman–Crippen MR) is 87.6 cm³/mol. The van der Waals surface area contributed by atoms with Crippen molar-refractivity contribution in [3.63, 3.8) is 0 Å². The predicted octanol–water partition coefficient (Wildman–Crippen LogP) is 0.258. The summed E-state index contributed by atoms with van der Waals surface area (Å²) in [6.07, 6.45) is 4.19. The first-order valence-corrected chi connectivity index (χ1v) is 8.59. The highest BCUT2D eigenvalue weighted by molar-refractivity contribution is 5.92. The Kier molecular flexibility index (Phi) is 5.64. The molecule has 1 aromatic heterocycles. The van der Waals surface area contributed by atoms with E-state index < -0.39 is 0 Å². The third kappa shape index (κ3) is 4.53. The monoisotopic (exact) mass is 321 g/mol. The molecular formula is C16H27N5O2. The molecule has 1 aromatic rings. The maximum absolute atomic E-state index is 12.3. The molecule has 7 heteroatoms. The van der Waals surface area contributed by atoms with E-state index in [-0.39, 0.29) is 11.9 Å². The average Bonchev–Trinajstić information content (AvgIpc) is 3.06. The zero-order chi connectivity index (χ0) is 16.1. The van der Waals surface area contributed by atoms with E-state index in [0.717, 1.165) is 58.8 Å². The summed E-state index contributed by atoms with van der Waals surface area (Å²) in [4.78, 5) is 14.7. The number of carbonyl (C=O) groups excluding carboxylic acids is 1. The Labute approximate surface area is 137 Å². The first-order valence-electron chi connectivity index (χ1n) is 8.59. The van der Waals surface area contributed by atoms with Crippen molar-refractivity contribution in [1.82, 2.24) is 25.3 Å². The van der Waals surface area contributed by atoms with Gasteiger partial charge in [0, 0.05) is 38.4 Å². The summed E-state index contributed by atoms with van der Waals surface area (Å²) >= 11 is 0. The lowest BCUT2D eigenvalue weighted by molar-refractivity contribution is 0.0342. The van der Waals surface area contributed by atoms with Crippen LogP contribution in [0.1, 0.15) is 36.3 Å². The number of hydrogen-bond acceptors (Lipinski definition) is 5. The third-order valence-electron chi connectivity index (χ3n) is 4.50. The molecule has 1 amide bonds. The van der Waals surface area contributed by atoms with E-state index >= 15 is 0 Å². The quantitative estimate of drug-likeness (QED) is 0.814. The molecule has 7 nitrogen and oxygen atoms in total. The fraction of sp³-hybridized carbons (Fsp3) is 0.750. The highest BCUT2D eigenvalue weighted by Gasteiger charge is 2.19. The molecule has 2 fully saturated rings. The molecule has 3 rings (SSSR count). The summed E-state index contributed by atoms with van der Waals surface area (Å²) in [5.74, 6) is -0.0896. The zero-order valence-electron chi connectivity index (χ0n) is 13.8. The minimum atomic E-state index is -0.0896. The van der Waals surface area contributed by atoms with Crippen LogP contribution < -0.4 is 10.6 Å². The molecule has 0 bridgehead atoms. The van der Waals surface area contributed by atoms with Gasteiger partial charge in [-0.05, 0) is 32.4 Å². The van der Waals surface area contributed by atoms with Crippen molar-refractivity contribution < 1.29 is 9.53 Å². The van der Waals surface area contributed by atoms with Gasteiger partial charge in [0.2, 0.25) is 0 Å². The number of rotatable bonds is 5. The van der Waals surface area contributed by atoms with Gasteiger partial charge < -0.3 is 15.4 Å². The van der Waals surface area contributed by atoms with Crippen LogP contribution in [-0.4, -0.2) is 72.6 Å². The van der Waals surface area contributed by atoms with Crippen molar-refractivity contribution in [1.29, 1.82) is 0 Å². The van der Waals surface area contributed by atoms with Crippen LogP contribution in [0.25, 0.3) is 0 Å². The van der Waals surface area contributed by atoms with E-state index in [1.807, 2.05) is 23.9 Å². The average molecular weight is 321 g/mol. The second-order valence-electron chi connectivity index (χ2n) is 6.47. The summed E-state index contributed by atoms with van der Waals surface area (Å²) < 4.78 is 7.27. The molecule has 0 saturated carbocycles. The summed E-state index contributed by atoms with van der Waals surface area (Å²) in [6, 6.07) is 2.27. The van der Waals surface area contributed by atoms with Crippen molar-refractivity contribution in [2.45, 2.75) is 31.8 Å². The minimum absolute atomic E-state index is 0.0896. The highest BCUT2D eigenvalue weighted by Crippen LogP contribution is 2.15. The largest absolute Gasteiger partial charge is 0.379 e. The first-order chi connectivity index (χ1) is 11.2. The molecular weight excluding hydrogens is 294 g/mol. The summed E-state index contributed by atoms with van der Waals surface area (Å²) in [7, 11) is 0. The molecule has 2 atom stereocenters. The van der Waals surface area contributed by atoms with E-state index in [2.05, 4.69) is 20.6 Å². The van der Waals surface area contributed by atoms with Crippen LogP contribution >= 0.6 is 0 Å². The van der Waals surface area contributed by atoms with E-state index in [0.29, 0.717) is 11.7 Å². The van der Waals surface area contributed by atoms with Crippen molar-refractivity contribution in [3.05, 3.63) is 18.0 Å².